The molecular weight excluding hydrogens is 234 g/mol. The molecule has 102 valence electrons. The molecule has 4 fully saturated rings. The molecule has 0 unspecified atom stereocenters. The van der Waals surface area contributed by atoms with Gasteiger partial charge in [0.05, 0.1) is 6.10 Å². The average Bonchev–Trinajstić information content (AvgIpc) is 2.37. The van der Waals surface area contributed by atoms with Gasteiger partial charge in [0.1, 0.15) is 0 Å². The van der Waals surface area contributed by atoms with E-state index in [4.69, 9.17) is 5.73 Å². The molecule has 4 aliphatic rings. The monoisotopic (exact) mass is 257 g/mol. The molecule has 2 heteroatoms. The van der Waals surface area contributed by atoms with Gasteiger partial charge in [-0.25, -0.2) is 0 Å². The van der Waals surface area contributed by atoms with Crippen LogP contribution in [-0.4, -0.2) is 5.11 Å². The molecule has 2 nitrogen and oxygen atoms in total. The minimum Gasteiger partial charge on any atom is -0.399 e. The molecule has 0 spiro atoms. The zero-order valence-electron chi connectivity index (χ0n) is 11.4. The fourth-order valence-electron chi connectivity index (χ4n) is 5.54. The normalized spacial score (nSPS) is 41.4. The zero-order valence-corrected chi connectivity index (χ0v) is 11.4. The van der Waals surface area contributed by atoms with Crippen molar-refractivity contribution < 1.29 is 5.11 Å². The van der Waals surface area contributed by atoms with Gasteiger partial charge in [0, 0.05) is 11.1 Å². The number of anilines is 1. The van der Waals surface area contributed by atoms with Gasteiger partial charge in [-0.2, -0.15) is 0 Å². The summed E-state index contributed by atoms with van der Waals surface area (Å²) >= 11 is 0. The lowest BCUT2D eigenvalue weighted by Crippen LogP contribution is -2.48. The first-order chi connectivity index (χ1) is 9.14. The van der Waals surface area contributed by atoms with Crippen LogP contribution in [0.4, 0.5) is 5.69 Å². The number of benzene rings is 1. The van der Waals surface area contributed by atoms with Crippen molar-refractivity contribution in [2.45, 2.75) is 44.6 Å². The maximum absolute atomic E-state index is 10.9. The summed E-state index contributed by atoms with van der Waals surface area (Å²) in [7, 11) is 0. The minimum atomic E-state index is -0.290. The highest BCUT2D eigenvalue weighted by atomic mass is 16.3. The SMILES string of the molecule is Nc1ccc([C@@H](O)C23CC4CC(CC(C4)C2)C3)cc1. The smallest absolute Gasteiger partial charge is 0.0846 e. The molecule has 5 rings (SSSR count). The Morgan fingerprint density at radius 2 is 1.42 bits per heavy atom. The van der Waals surface area contributed by atoms with E-state index in [0.717, 1.165) is 29.0 Å². The molecule has 1 aromatic rings. The molecule has 0 aliphatic heterocycles. The number of nitrogen functional groups attached to an aromatic ring is 1. The van der Waals surface area contributed by atoms with E-state index < -0.39 is 0 Å². The molecule has 0 aromatic heterocycles. The van der Waals surface area contributed by atoms with Gasteiger partial charge in [-0.05, 0) is 74.0 Å². The topological polar surface area (TPSA) is 46.2 Å². The van der Waals surface area contributed by atoms with Gasteiger partial charge in [-0.3, -0.25) is 0 Å². The predicted molar refractivity (Wildman–Crippen MR) is 76.4 cm³/mol. The average molecular weight is 257 g/mol. The molecule has 0 radical (unpaired) electrons. The van der Waals surface area contributed by atoms with Crippen molar-refractivity contribution in [2.24, 2.45) is 23.2 Å². The molecule has 0 heterocycles. The Hall–Kier alpha value is -1.02. The fraction of sp³-hybridized carbons (Fsp3) is 0.647. The number of nitrogens with two attached hydrogens (primary N) is 1. The van der Waals surface area contributed by atoms with Crippen molar-refractivity contribution >= 4 is 5.69 Å². The van der Waals surface area contributed by atoms with Gasteiger partial charge >= 0.3 is 0 Å². The minimum absolute atomic E-state index is 0.171. The molecule has 1 atom stereocenters. The van der Waals surface area contributed by atoms with E-state index in [-0.39, 0.29) is 11.5 Å². The molecule has 19 heavy (non-hydrogen) atoms. The Bertz CT molecular complexity index is 443. The first kappa shape index (κ1) is 11.8. The van der Waals surface area contributed by atoms with Gasteiger partial charge in [0.25, 0.3) is 0 Å². The third kappa shape index (κ3) is 1.80. The quantitative estimate of drug-likeness (QED) is 0.796. The lowest BCUT2D eigenvalue weighted by molar-refractivity contribution is -0.122. The summed E-state index contributed by atoms with van der Waals surface area (Å²) in [6, 6.07) is 7.86. The molecule has 0 saturated heterocycles. The lowest BCUT2D eigenvalue weighted by Gasteiger charge is -2.58. The van der Waals surface area contributed by atoms with Crippen LogP contribution in [0.3, 0.4) is 0 Å². The molecule has 4 bridgehead atoms. The van der Waals surface area contributed by atoms with Crippen LogP contribution in [0.25, 0.3) is 0 Å². The van der Waals surface area contributed by atoms with E-state index in [1.807, 2.05) is 24.3 Å². The Morgan fingerprint density at radius 1 is 0.947 bits per heavy atom. The first-order valence-electron chi connectivity index (χ1n) is 7.68. The maximum Gasteiger partial charge on any atom is 0.0846 e. The largest absolute Gasteiger partial charge is 0.399 e. The summed E-state index contributed by atoms with van der Waals surface area (Å²) in [5, 5.41) is 10.9. The van der Waals surface area contributed by atoms with Crippen LogP contribution < -0.4 is 5.73 Å². The Labute approximate surface area is 115 Å². The summed E-state index contributed by atoms with van der Waals surface area (Å²) in [5.41, 5.74) is 7.77. The van der Waals surface area contributed by atoms with Crippen molar-refractivity contribution in [1.29, 1.82) is 0 Å². The summed E-state index contributed by atoms with van der Waals surface area (Å²) in [5.74, 6) is 2.65. The van der Waals surface area contributed by atoms with Crippen molar-refractivity contribution in [3.63, 3.8) is 0 Å². The van der Waals surface area contributed by atoms with Crippen molar-refractivity contribution in [3.8, 4) is 0 Å². The maximum atomic E-state index is 10.9. The van der Waals surface area contributed by atoms with Crippen LogP contribution in [0, 0.1) is 23.2 Å². The van der Waals surface area contributed by atoms with Crippen LogP contribution >= 0.6 is 0 Å². The van der Waals surface area contributed by atoms with Crippen LogP contribution in [0.2, 0.25) is 0 Å². The van der Waals surface area contributed by atoms with Gasteiger partial charge in [-0.1, -0.05) is 12.1 Å². The molecular formula is C17H23NO. The van der Waals surface area contributed by atoms with E-state index in [1.165, 1.54) is 38.5 Å². The Kier molecular flexibility index (Phi) is 2.47. The summed E-state index contributed by atoms with van der Waals surface area (Å²) in [6.45, 7) is 0. The van der Waals surface area contributed by atoms with Crippen molar-refractivity contribution in [1.82, 2.24) is 0 Å². The fourth-order valence-corrected chi connectivity index (χ4v) is 5.54. The van der Waals surface area contributed by atoms with Gasteiger partial charge in [-0.15, -0.1) is 0 Å². The van der Waals surface area contributed by atoms with Crippen molar-refractivity contribution in [2.75, 3.05) is 5.73 Å². The highest BCUT2D eigenvalue weighted by molar-refractivity contribution is 5.40. The Balaban J connectivity index is 1.65. The predicted octanol–water partition coefficient (Wildman–Crippen LogP) is 3.52. The number of rotatable bonds is 2. The lowest BCUT2D eigenvalue weighted by atomic mass is 9.47. The van der Waals surface area contributed by atoms with E-state index in [2.05, 4.69) is 0 Å². The van der Waals surface area contributed by atoms with Gasteiger partial charge < -0.3 is 10.8 Å². The van der Waals surface area contributed by atoms with E-state index in [1.54, 1.807) is 0 Å². The van der Waals surface area contributed by atoms with Crippen LogP contribution in [-0.2, 0) is 0 Å². The second-order valence-electron chi connectivity index (χ2n) is 7.35. The second kappa shape index (κ2) is 3.99. The highest BCUT2D eigenvalue weighted by Crippen LogP contribution is 2.63. The summed E-state index contributed by atoms with van der Waals surface area (Å²) < 4.78 is 0. The molecule has 1 aromatic carbocycles. The van der Waals surface area contributed by atoms with Gasteiger partial charge in [0.15, 0.2) is 0 Å². The van der Waals surface area contributed by atoms with Crippen molar-refractivity contribution in [3.05, 3.63) is 29.8 Å². The number of hydrogen-bond acceptors (Lipinski definition) is 2. The molecule has 3 N–H and O–H groups in total. The zero-order chi connectivity index (χ0) is 13.0. The van der Waals surface area contributed by atoms with Crippen LogP contribution in [0.1, 0.15) is 50.2 Å². The Morgan fingerprint density at radius 3 is 1.89 bits per heavy atom. The number of hydrogen-bond donors (Lipinski definition) is 2. The van der Waals surface area contributed by atoms with Gasteiger partial charge in [0.2, 0.25) is 0 Å². The first-order valence-corrected chi connectivity index (χ1v) is 7.68. The third-order valence-electron chi connectivity index (χ3n) is 5.92. The number of aliphatic hydroxyl groups is 1. The molecule has 0 amide bonds. The van der Waals surface area contributed by atoms with E-state index in [0.29, 0.717) is 0 Å². The van der Waals surface area contributed by atoms with Crippen LogP contribution in [0.15, 0.2) is 24.3 Å². The van der Waals surface area contributed by atoms with E-state index >= 15 is 0 Å². The number of aliphatic hydroxyl groups excluding tert-OH is 1. The summed E-state index contributed by atoms with van der Waals surface area (Å²) in [4.78, 5) is 0. The highest BCUT2D eigenvalue weighted by Gasteiger charge is 2.54. The standard InChI is InChI=1S/C17H23NO/c18-15-3-1-14(2-4-15)16(19)17-8-11-5-12(9-17)7-13(6-11)10-17/h1-4,11-13,16,19H,5-10,18H2/t11?,12?,13?,16-,17?/m1/s1. The van der Waals surface area contributed by atoms with E-state index in [9.17, 15) is 5.11 Å². The second-order valence-corrected chi connectivity index (χ2v) is 7.35. The summed E-state index contributed by atoms with van der Waals surface area (Å²) in [6.07, 6.45) is 7.70. The molecule has 4 saturated carbocycles. The molecule has 4 aliphatic carbocycles. The van der Waals surface area contributed by atoms with Crippen LogP contribution in [0.5, 0.6) is 0 Å². The third-order valence-corrected chi connectivity index (χ3v) is 5.92.